The van der Waals surface area contributed by atoms with Gasteiger partial charge >= 0.3 is 0 Å². The van der Waals surface area contributed by atoms with Crippen molar-refractivity contribution in [2.75, 3.05) is 6.61 Å². The molecule has 2 rings (SSSR count). The Labute approximate surface area is 166 Å². The van der Waals surface area contributed by atoms with Gasteiger partial charge in [-0.15, -0.1) is 0 Å². The SMILES string of the molecule is C=Cc1cc([N+](=O)[O-])cc([N+](=O)[O-])c1.O=[N+]([O-])c1cc(C(O)CO)cc([N+](=O)[O-])c1. The van der Waals surface area contributed by atoms with Gasteiger partial charge < -0.3 is 10.2 Å². The number of aliphatic hydroxyl groups excluding tert-OH is 2. The maximum Gasteiger partial charge on any atom is 0.276 e. The Morgan fingerprint density at radius 2 is 1.10 bits per heavy atom. The molecule has 0 aliphatic carbocycles. The average molecular weight is 422 g/mol. The zero-order valence-electron chi connectivity index (χ0n) is 15.0. The van der Waals surface area contributed by atoms with Gasteiger partial charge in [0, 0.05) is 24.3 Å². The number of hydrogen-bond donors (Lipinski definition) is 2. The highest BCUT2D eigenvalue weighted by Crippen LogP contribution is 2.26. The molecule has 1 atom stereocenters. The molecule has 14 nitrogen and oxygen atoms in total. The minimum Gasteiger partial charge on any atom is -0.393 e. The molecule has 0 saturated heterocycles. The quantitative estimate of drug-likeness (QED) is 0.491. The summed E-state index contributed by atoms with van der Waals surface area (Å²) < 4.78 is 0. The second-order valence-electron chi connectivity index (χ2n) is 5.50. The Hall–Kier alpha value is -4.30. The van der Waals surface area contributed by atoms with Crippen LogP contribution in [0.2, 0.25) is 0 Å². The fourth-order valence-corrected chi connectivity index (χ4v) is 2.07. The van der Waals surface area contributed by atoms with E-state index in [1.807, 2.05) is 0 Å². The van der Waals surface area contributed by atoms with E-state index in [1.165, 1.54) is 18.2 Å². The van der Waals surface area contributed by atoms with E-state index in [2.05, 4.69) is 6.58 Å². The second kappa shape index (κ2) is 10.3. The fraction of sp³-hybridized carbons (Fsp3) is 0.125. The third-order valence-electron chi connectivity index (χ3n) is 3.49. The lowest BCUT2D eigenvalue weighted by molar-refractivity contribution is -0.394. The Morgan fingerprint density at radius 1 is 0.767 bits per heavy atom. The molecule has 0 heterocycles. The molecule has 0 aliphatic heterocycles. The van der Waals surface area contributed by atoms with Crippen molar-refractivity contribution in [3.8, 4) is 0 Å². The molecule has 2 N–H and O–H groups in total. The Kier molecular flexibility index (Phi) is 8.15. The maximum absolute atomic E-state index is 10.5. The number of hydrogen-bond acceptors (Lipinski definition) is 10. The van der Waals surface area contributed by atoms with Crippen molar-refractivity contribution in [1.82, 2.24) is 0 Å². The summed E-state index contributed by atoms with van der Waals surface area (Å²) in [7, 11) is 0. The van der Waals surface area contributed by atoms with Crippen LogP contribution in [0.15, 0.2) is 43.0 Å². The van der Waals surface area contributed by atoms with Crippen LogP contribution < -0.4 is 0 Å². The van der Waals surface area contributed by atoms with Gasteiger partial charge in [-0.3, -0.25) is 40.5 Å². The van der Waals surface area contributed by atoms with Crippen molar-refractivity contribution < 1.29 is 29.9 Å². The van der Waals surface area contributed by atoms with Crippen LogP contribution in [0, 0.1) is 40.5 Å². The first kappa shape index (κ1) is 23.7. The summed E-state index contributed by atoms with van der Waals surface area (Å²) in [6, 6.07) is 6.10. The van der Waals surface area contributed by atoms with Crippen LogP contribution in [0.1, 0.15) is 17.2 Å². The minimum atomic E-state index is -1.38. The summed E-state index contributed by atoms with van der Waals surface area (Å²) in [6.07, 6.45) is -0.0569. The molecule has 0 spiro atoms. The molecule has 0 aliphatic rings. The molecule has 0 saturated carbocycles. The number of nitrogens with zero attached hydrogens (tertiary/aromatic N) is 4. The molecule has 0 fully saturated rings. The third-order valence-corrected chi connectivity index (χ3v) is 3.49. The van der Waals surface area contributed by atoms with Crippen molar-refractivity contribution in [1.29, 1.82) is 0 Å². The van der Waals surface area contributed by atoms with Crippen LogP contribution in [0.5, 0.6) is 0 Å². The molecule has 0 bridgehead atoms. The number of nitro groups is 4. The van der Waals surface area contributed by atoms with Crippen LogP contribution in [0.25, 0.3) is 6.08 Å². The van der Waals surface area contributed by atoms with Crippen molar-refractivity contribution in [3.63, 3.8) is 0 Å². The predicted octanol–water partition coefficient (Wildman–Crippen LogP) is 2.67. The molecule has 14 heteroatoms. The van der Waals surface area contributed by atoms with Gasteiger partial charge in [0.05, 0.1) is 38.4 Å². The fourth-order valence-electron chi connectivity index (χ4n) is 2.07. The Morgan fingerprint density at radius 3 is 1.37 bits per heavy atom. The molecule has 0 amide bonds. The van der Waals surface area contributed by atoms with Crippen LogP contribution in [-0.4, -0.2) is 36.5 Å². The molecule has 0 radical (unpaired) electrons. The van der Waals surface area contributed by atoms with Crippen molar-refractivity contribution in [3.05, 3.63) is 94.6 Å². The zero-order valence-corrected chi connectivity index (χ0v) is 15.0. The summed E-state index contributed by atoms with van der Waals surface area (Å²) in [4.78, 5) is 38.8. The first-order valence-electron chi connectivity index (χ1n) is 7.79. The topological polar surface area (TPSA) is 213 Å². The standard InChI is InChI=1S/C8H8N2O6.C8H6N2O4/c11-4-8(12)5-1-6(9(13)14)3-7(2-5)10(15)16;1-2-6-3-7(9(11)12)5-8(4-6)10(13)14/h1-3,8,11-12H,4H2;2-5H,1H2. The number of non-ortho nitro benzene ring substituents is 4. The molecule has 158 valence electrons. The van der Waals surface area contributed by atoms with Crippen LogP contribution in [0.3, 0.4) is 0 Å². The number of benzene rings is 2. The van der Waals surface area contributed by atoms with E-state index in [0.717, 1.165) is 24.3 Å². The van der Waals surface area contributed by atoms with Gasteiger partial charge in [-0.05, 0) is 11.1 Å². The lowest BCUT2D eigenvalue weighted by Gasteiger charge is -2.06. The van der Waals surface area contributed by atoms with Gasteiger partial charge in [-0.2, -0.15) is 0 Å². The number of aliphatic hydroxyl groups is 2. The molecule has 30 heavy (non-hydrogen) atoms. The average Bonchev–Trinajstić information content (AvgIpc) is 2.72. The Bertz CT molecular complexity index is 943. The molecular weight excluding hydrogens is 408 g/mol. The third kappa shape index (κ3) is 6.39. The largest absolute Gasteiger partial charge is 0.393 e. The van der Waals surface area contributed by atoms with Crippen molar-refractivity contribution in [2.45, 2.75) is 6.10 Å². The van der Waals surface area contributed by atoms with Gasteiger partial charge in [0.25, 0.3) is 22.7 Å². The molecule has 2 aromatic rings. The number of rotatable bonds is 7. The second-order valence-corrected chi connectivity index (χ2v) is 5.50. The summed E-state index contributed by atoms with van der Waals surface area (Å²) in [5.74, 6) is 0. The van der Waals surface area contributed by atoms with E-state index in [9.17, 15) is 45.6 Å². The smallest absolute Gasteiger partial charge is 0.276 e. The summed E-state index contributed by atoms with van der Waals surface area (Å²) >= 11 is 0. The van der Waals surface area contributed by atoms with E-state index in [4.69, 9.17) is 5.11 Å². The van der Waals surface area contributed by atoms with E-state index >= 15 is 0 Å². The summed E-state index contributed by atoms with van der Waals surface area (Å²) in [5.41, 5.74) is -1.34. The van der Waals surface area contributed by atoms with Gasteiger partial charge in [0.15, 0.2) is 0 Å². The lowest BCUT2D eigenvalue weighted by Crippen LogP contribution is -2.04. The van der Waals surface area contributed by atoms with E-state index in [0.29, 0.717) is 5.56 Å². The van der Waals surface area contributed by atoms with Gasteiger partial charge in [-0.25, -0.2) is 0 Å². The normalized spacial score (nSPS) is 10.9. The summed E-state index contributed by atoms with van der Waals surface area (Å²) in [5, 5.41) is 59.6. The molecule has 1 unspecified atom stereocenters. The van der Waals surface area contributed by atoms with E-state index in [1.54, 1.807) is 0 Å². The van der Waals surface area contributed by atoms with Gasteiger partial charge in [0.1, 0.15) is 6.10 Å². The molecular formula is C16H14N4O10. The molecule has 0 aromatic heterocycles. The van der Waals surface area contributed by atoms with Crippen molar-refractivity contribution in [2.24, 2.45) is 0 Å². The summed E-state index contributed by atoms with van der Waals surface area (Å²) in [6.45, 7) is 2.72. The van der Waals surface area contributed by atoms with Gasteiger partial charge in [-0.1, -0.05) is 12.7 Å². The Balaban J connectivity index is 0.000000303. The van der Waals surface area contributed by atoms with E-state index in [-0.39, 0.29) is 16.9 Å². The first-order valence-corrected chi connectivity index (χ1v) is 7.79. The first-order chi connectivity index (χ1) is 14.0. The van der Waals surface area contributed by atoms with Crippen LogP contribution in [0.4, 0.5) is 22.7 Å². The molecule has 2 aromatic carbocycles. The van der Waals surface area contributed by atoms with Crippen LogP contribution in [-0.2, 0) is 0 Å². The highest BCUT2D eigenvalue weighted by molar-refractivity contribution is 5.57. The predicted molar refractivity (Wildman–Crippen MR) is 102 cm³/mol. The minimum absolute atomic E-state index is 0.0663. The van der Waals surface area contributed by atoms with E-state index < -0.39 is 43.8 Å². The van der Waals surface area contributed by atoms with Gasteiger partial charge in [0.2, 0.25) is 0 Å². The van der Waals surface area contributed by atoms with Crippen molar-refractivity contribution >= 4 is 28.8 Å². The maximum atomic E-state index is 10.5. The zero-order chi connectivity index (χ0) is 23.0. The lowest BCUT2D eigenvalue weighted by atomic mass is 10.1. The monoisotopic (exact) mass is 422 g/mol. The number of nitro benzene ring substituents is 4. The highest BCUT2D eigenvalue weighted by atomic mass is 16.6. The van der Waals surface area contributed by atoms with Crippen LogP contribution >= 0.6 is 0 Å². The highest BCUT2D eigenvalue weighted by Gasteiger charge is 2.19.